The zero-order valence-electron chi connectivity index (χ0n) is 15.7. The summed E-state index contributed by atoms with van der Waals surface area (Å²) in [6.45, 7) is 2.08. The van der Waals surface area contributed by atoms with Crippen LogP contribution in [-0.2, 0) is 14.4 Å². The highest BCUT2D eigenvalue weighted by Gasteiger charge is 2.37. The third-order valence-corrected chi connectivity index (χ3v) is 4.23. The van der Waals surface area contributed by atoms with Crippen LogP contribution in [0.5, 0.6) is 0 Å². The third kappa shape index (κ3) is 5.62. The number of rotatable bonds is 10. The number of methoxy groups -OCH3 is 1. The van der Waals surface area contributed by atoms with Crippen LogP contribution >= 0.6 is 0 Å². The second-order valence-electron chi connectivity index (χ2n) is 6.21. The summed E-state index contributed by atoms with van der Waals surface area (Å²) >= 11 is 0. The maximum absolute atomic E-state index is 12.4. The van der Waals surface area contributed by atoms with Crippen LogP contribution < -0.4 is 0 Å². The van der Waals surface area contributed by atoms with Crippen LogP contribution in [0.1, 0.15) is 59.7 Å². The highest BCUT2D eigenvalue weighted by molar-refractivity contribution is 6.20. The van der Waals surface area contributed by atoms with Crippen molar-refractivity contribution < 1.29 is 24.0 Å². The molecule has 6 heteroatoms. The van der Waals surface area contributed by atoms with Crippen molar-refractivity contribution in [3.8, 4) is 0 Å². The minimum Gasteiger partial charge on any atom is -0.466 e. The lowest BCUT2D eigenvalue weighted by Gasteiger charge is -2.22. The average molecular weight is 371 g/mol. The van der Waals surface area contributed by atoms with Crippen molar-refractivity contribution in [1.29, 1.82) is 0 Å². The Morgan fingerprint density at radius 1 is 1.11 bits per heavy atom. The number of carbonyl (C=O) groups excluding carboxylic acids is 3. The Morgan fingerprint density at radius 3 is 2.37 bits per heavy atom. The lowest BCUT2D eigenvalue weighted by molar-refractivity contribution is -0.136. The van der Waals surface area contributed by atoms with E-state index in [-0.39, 0.29) is 6.10 Å². The smallest absolute Gasteiger partial charge is 0.330 e. The molecule has 0 saturated carbocycles. The monoisotopic (exact) mass is 371 g/mol. The Balaban J connectivity index is 1.94. The molecule has 2 rings (SSSR count). The Morgan fingerprint density at radius 2 is 1.78 bits per heavy atom. The van der Waals surface area contributed by atoms with Gasteiger partial charge in [0, 0.05) is 6.08 Å². The fraction of sp³-hybridized carbons (Fsp3) is 0.381. The summed E-state index contributed by atoms with van der Waals surface area (Å²) in [5, 5.41) is 0.895. The van der Waals surface area contributed by atoms with E-state index in [1.54, 1.807) is 36.4 Å². The number of esters is 1. The number of hydrogen-bond acceptors (Lipinski definition) is 5. The number of nitrogens with zero attached hydrogens (tertiary/aromatic N) is 1. The summed E-state index contributed by atoms with van der Waals surface area (Å²) in [6.07, 6.45) is 10.4. The summed E-state index contributed by atoms with van der Waals surface area (Å²) < 4.78 is 4.51. The van der Waals surface area contributed by atoms with E-state index in [0.717, 1.165) is 24.3 Å². The third-order valence-electron chi connectivity index (χ3n) is 4.23. The minimum absolute atomic E-state index is 0.235. The molecular formula is C21H25NO5. The van der Waals surface area contributed by atoms with Crippen molar-refractivity contribution in [1.82, 2.24) is 5.06 Å². The molecule has 0 N–H and O–H groups in total. The molecule has 0 aromatic heterocycles. The first-order valence-electron chi connectivity index (χ1n) is 9.14. The van der Waals surface area contributed by atoms with Gasteiger partial charge in [-0.25, -0.2) is 4.79 Å². The van der Waals surface area contributed by atoms with E-state index in [2.05, 4.69) is 11.7 Å². The van der Waals surface area contributed by atoms with E-state index in [1.807, 2.05) is 6.08 Å². The molecule has 1 aromatic carbocycles. The fourth-order valence-corrected chi connectivity index (χ4v) is 2.75. The molecule has 0 saturated heterocycles. The molecule has 1 atom stereocenters. The lowest BCUT2D eigenvalue weighted by atomic mass is 10.1. The number of unbranched alkanes of at least 4 members (excludes halogenated alkanes) is 1. The number of carbonyl (C=O) groups is 3. The Labute approximate surface area is 159 Å². The number of benzene rings is 1. The van der Waals surface area contributed by atoms with Crippen LogP contribution in [0, 0.1) is 0 Å². The molecule has 6 nitrogen and oxygen atoms in total. The normalized spacial score (nSPS) is 15.0. The van der Waals surface area contributed by atoms with E-state index in [4.69, 9.17) is 4.84 Å². The van der Waals surface area contributed by atoms with Gasteiger partial charge in [0.2, 0.25) is 0 Å². The minimum atomic E-state index is -0.409. The van der Waals surface area contributed by atoms with E-state index >= 15 is 0 Å². The summed E-state index contributed by atoms with van der Waals surface area (Å²) in [5.41, 5.74) is 0.758. The Kier molecular flexibility index (Phi) is 7.95. The molecule has 0 fully saturated rings. The topological polar surface area (TPSA) is 72.9 Å². The van der Waals surface area contributed by atoms with Gasteiger partial charge >= 0.3 is 5.97 Å². The highest BCUT2D eigenvalue weighted by Crippen LogP contribution is 2.25. The predicted octanol–water partition coefficient (Wildman–Crippen LogP) is 3.84. The largest absolute Gasteiger partial charge is 0.466 e. The van der Waals surface area contributed by atoms with Crippen LogP contribution in [0.4, 0.5) is 0 Å². The maximum atomic E-state index is 12.4. The van der Waals surface area contributed by atoms with Crippen molar-refractivity contribution in [3.63, 3.8) is 0 Å². The summed E-state index contributed by atoms with van der Waals surface area (Å²) in [4.78, 5) is 41.7. The molecular weight excluding hydrogens is 346 g/mol. The number of allylic oxidation sites excluding steroid dienone is 3. The van der Waals surface area contributed by atoms with Gasteiger partial charge in [0.25, 0.3) is 11.8 Å². The Hall–Kier alpha value is -2.73. The van der Waals surface area contributed by atoms with E-state index in [9.17, 15) is 14.4 Å². The van der Waals surface area contributed by atoms with Gasteiger partial charge in [0.05, 0.1) is 24.3 Å². The van der Waals surface area contributed by atoms with Gasteiger partial charge in [0.1, 0.15) is 0 Å². The van der Waals surface area contributed by atoms with Gasteiger partial charge in [-0.15, -0.1) is 5.06 Å². The standard InChI is InChI=1S/C21H25NO5/c1-3-4-11-16(12-7-5-6-8-15-19(23)26-2)27-22-20(24)17-13-9-10-14-18(17)21(22)25/h5-6,8-10,13-16H,3-4,7,11-12H2,1-2H3/b6-5+,15-8+/t16-/m1/s1. The zero-order chi connectivity index (χ0) is 19.6. The molecule has 144 valence electrons. The van der Waals surface area contributed by atoms with Crippen LogP contribution in [0.15, 0.2) is 48.6 Å². The summed E-state index contributed by atoms with van der Waals surface area (Å²) in [7, 11) is 1.32. The number of hydroxylamine groups is 2. The quantitative estimate of drug-likeness (QED) is 0.270. The first-order chi connectivity index (χ1) is 13.1. The molecule has 1 aromatic rings. The summed E-state index contributed by atoms with van der Waals surface area (Å²) in [5.74, 6) is -1.23. The van der Waals surface area contributed by atoms with Crippen LogP contribution in [-0.4, -0.2) is 36.1 Å². The average Bonchev–Trinajstić information content (AvgIpc) is 2.93. The molecule has 27 heavy (non-hydrogen) atoms. The molecule has 2 amide bonds. The van der Waals surface area contributed by atoms with Gasteiger partial charge < -0.3 is 4.74 Å². The van der Waals surface area contributed by atoms with Crippen molar-refractivity contribution in [2.45, 2.75) is 45.1 Å². The van der Waals surface area contributed by atoms with Crippen molar-refractivity contribution >= 4 is 17.8 Å². The molecule has 1 aliphatic rings. The lowest BCUT2D eigenvalue weighted by Crippen LogP contribution is -2.34. The Bertz CT molecular complexity index is 703. The first-order valence-corrected chi connectivity index (χ1v) is 9.14. The number of fused-ring (bicyclic) bond motifs is 1. The number of imide groups is 1. The van der Waals surface area contributed by atoms with Crippen LogP contribution in [0.2, 0.25) is 0 Å². The van der Waals surface area contributed by atoms with Gasteiger partial charge in [-0.2, -0.15) is 0 Å². The number of ether oxygens (including phenoxy) is 1. The second kappa shape index (κ2) is 10.4. The maximum Gasteiger partial charge on any atom is 0.330 e. The molecule has 0 radical (unpaired) electrons. The van der Waals surface area contributed by atoms with Crippen LogP contribution in [0.25, 0.3) is 0 Å². The number of amides is 2. The fourth-order valence-electron chi connectivity index (χ4n) is 2.75. The molecule has 1 heterocycles. The van der Waals surface area contributed by atoms with Gasteiger partial charge in [-0.05, 0) is 31.4 Å². The molecule has 0 spiro atoms. The summed E-state index contributed by atoms with van der Waals surface area (Å²) in [6, 6.07) is 6.73. The van der Waals surface area contributed by atoms with Crippen molar-refractivity contribution in [3.05, 3.63) is 59.7 Å². The first kappa shape index (κ1) is 20.6. The van der Waals surface area contributed by atoms with E-state index in [1.165, 1.54) is 13.2 Å². The zero-order valence-corrected chi connectivity index (χ0v) is 15.7. The number of hydrogen-bond donors (Lipinski definition) is 0. The highest BCUT2D eigenvalue weighted by atomic mass is 16.7. The second-order valence-corrected chi connectivity index (χ2v) is 6.21. The SMILES string of the molecule is CCCC[C@H](CC/C=C/C=C/C(=O)OC)ON1C(=O)c2ccccc2C1=O. The van der Waals surface area contributed by atoms with E-state index < -0.39 is 17.8 Å². The van der Waals surface area contributed by atoms with E-state index in [0.29, 0.717) is 24.0 Å². The molecule has 0 bridgehead atoms. The van der Waals surface area contributed by atoms with Gasteiger partial charge in [-0.3, -0.25) is 14.4 Å². The van der Waals surface area contributed by atoms with Crippen LogP contribution in [0.3, 0.4) is 0 Å². The van der Waals surface area contributed by atoms with Crippen molar-refractivity contribution in [2.75, 3.05) is 7.11 Å². The van der Waals surface area contributed by atoms with Gasteiger partial charge in [0.15, 0.2) is 0 Å². The molecule has 1 aliphatic heterocycles. The molecule has 0 unspecified atom stereocenters. The van der Waals surface area contributed by atoms with Gasteiger partial charge in [-0.1, -0.05) is 50.1 Å². The predicted molar refractivity (Wildman–Crippen MR) is 101 cm³/mol. The van der Waals surface area contributed by atoms with Crippen molar-refractivity contribution in [2.24, 2.45) is 0 Å². The molecule has 0 aliphatic carbocycles.